The molecule has 92 heavy (non-hydrogen) atoms. The van der Waals surface area contributed by atoms with E-state index in [1.165, 1.54) is 16.3 Å². The monoisotopic (exact) mass is 1340 g/mol. The third-order valence-corrected chi connectivity index (χ3v) is 16.1. The molecule has 4 aromatic carbocycles. The third kappa shape index (κ3) is 23.0. The fourth-order valence-electron chi connectivity index (χ4n) is 9.99. The minimum atomic E-state index is -0.741. The van der Waals surface area contributed by atoms with Gasteiger partial charge in [0.05, 0.1) is 17.6 Å². The van der Waals surface area contributed by atoms with Crippen LogP contribution in [0, 0.1) is 0 Å². The van der Waals surface area contributed by atoms with Crippen molar-refractivity contribution >= 4 is 81.1 Å². The quantitative estimate of drug-likeness (QED) is 0.0106. The van der Waals surface area contributed by atoms with E-state index < -0.39 is 59.3 Å². The molecule has 0 saturated carbocycles. The molecule has 0 spiro atoms. The molecule has 0 bridgehead atoms. The average molecular weight is 1350 g/mol. The first-order chi connectivity index (χ1) is 43.6. The number of rotatable bonds is 27. The number of carbonyl (C=O) groups is 7. The Hall–Kier alpha value is -8.05. The zero-order valence-corrected chi connectivity index (χ0v) is 57.1. The van der Waals surface area contributed by atoms with Gasteiger partial charge in [0.15, 0.2) is 0 Å². The number of amides is 4. The highest BCUT2D eigenvalue weighted by Crippen LogP contribution is 2.44. The summed E-state index contributed by atoms with van der Waals surface area (Å²) in [5.74, 6) is -0.747. The summed E-state index contributed by atoms with van der Waals surface area (Å²) in [6, 6.07) is 31.6. The van der Waals surface area contributed by atoms with Crippen molar-refractivity contribution < 1.29 is 57.2 Å². The molecule has 2 aromatic heterocycles. The Bertz CT molecular complexity index is 3450. The zero-order valence-electron chi connectivity index (χ0n) is 54.7. The first-order valence-corrected chi connectivity index (χ1v) is 32.4. The van der Waals surface area contributed by atoms with E-state index in [0.717, 1.165) is 59.2 Å². The van der Waals surface area contributed by atoms with E-state index >= 15 is 0 Å². The number of esters is 1. The molecule has 0 aliphatic heterocycles. The van der Waals surface area contributed by atoms with Gasteiger partial charge in [-0.15, -0.1) is 0 Å². The van der Waals surface area contributed by atoms with Crippen LogP contribution in [-0.4, -0.2) is 132 Å². The van der Waals surface area contributed by atoms with E-state index in [-0.39, 0.29) is 50.6 Å². The number of pyridine rings is 1. The Morgan fingerprint density at radius 3 is 1.93 bits per heavy atom. The first kappa shape index (κ1) is 73.0. The molecule has 4 amide bonds. The Morgan fingerprint density at radius 1 is 0.696 bits per heavy atom. The maximum Gasteiger partial charge on any atom is 0.419 e. The second-order valence-electron chi connectivity index (χ2n) is 25.3. The number of likely N-dealkylation sites (N-methyl/N-ethyl adjacent to an activating group) is 1. The molecule has 494 valence electrons. The molecule has 2 heterocycles. The van der Waals surface area contributed by atoms with Crippen molar-refractivity contribution in [2.75, 3.05) is 40.4 Å². The number of nitrogens with one attached hydrogen (secondary N) is 5. The molecule has 6 aromatic rings. The smallest absolute Gasteiger partial charge is 0.419 e. The number of aldehydes is 1. The SMILES string of the molecule is C=CCOC(=O)C(Cc1cn(C(=O)OC(C)(C)C)c2ccccc12)N(C)C.CC(C)(C)OC(=O)NCCCCC(C=O)NC(=O)C(CCCNC(=O)OC(C)(C)C)NCc1cccnc1Sc1cccc(Br)c1CNC(=O)OCC1c2ccccc2-c2ccccc21. The van der Waals surface area contributed by atoms with Crippen LogP contribution in [0.1, 0.15) is 128 Å². The number of ether oxygens (including phenoxy) is 5. The molecule has 1 aliphatic carbocycles. The Balaban J connectivity index is 0.000000414. The van der Waals surface area contributed by atoms with E-state index in [1.807, 2.05) is 119 Å². The van der Waals surface area contributed by atoms with Crippen molar-refractivity contribution in [2.45, 2.75) is 165 Å². The summed E-state index contributed by atoms with van der Waals surface area (Å²) >= 11 is 5.11. The van der Waals surface area contributed by atoms with E-state index in [4.69, 9.17) is 23.7 Å². The summed E-state index contributed by atoms with van der Waals surface area (Å²) in [6.07, 6.45) is 6.41. The van der Waals surface area contributed by atoms with Crippen molar-refractivity contribution in [2.24, 2.45) is 0 Å². The van der Waals surface area contributed by atoms with Gasteiger partial charge in [0.1, 0.15) is 47.4 Å². The highest BCUT2D eigenvalue weighted by Gasteiger charge is 2.31. The van der Waals surface area contributed by atoms with Gasteiger partial charge in [-0.25, -0.2) is 24.2 Å². The van der Waals surface area contributed by atoms with Gasteiger partial charge in [-0.05, 0) is 172 Å². The molecule has 0 radical (unpaired) electrons. The Morgan fingerprint density at radius 2 is 1.32 bits per heavy atom. The van der Waals surface area contributed by atoms with Crippen molar-refractivity contribution in [3.05, 3.63) is 160 Å². The third-order valence-electron chi connectivity index (χ3n) is 14.2. The van der Waals surface area contributed by atoms with E-state index in [2.05, 4.69) is 78.3 Å². The lowest BCUT2D eigenvalue weighted by Crippen LogP contribution is -2.48. The predicted octanol–water partition coefficient (Wildman–Crippen LogP) is 12.8. The molecule has 7 rings (SSSR count). The maximum absolute atomic E-state index is 13.8. The minimum Gasteiger partial charge on any atom is -0.460 e. The molecule has 0 fully saturated rings. The number of benzene rings is 4. The van der Waals surface area contributed by atoms with Crippen molar-refractivity contribution in [1.82, 2.24) is 41.0 Å². The summed E-state index contributed by atoms with van der Waals surface area (Å²) < 4.78 is 29.5. The summed E-state index contributed by atoms with van der Waals surface area (Å²) in [4.78, 5) is 95.7. The van der Waals surface area contributed by atoms with Gasteiger partial charge in [-0.3, -0.25) is 19.1 Å². The number of hydrogen-bond acceptors (Lipinski definition) is 16. The molecule has 22 heteroatoms. The van der Waals surface area contributed by atoms with Crippen LogP contribution in [0.2, 0.25) is 0 Å². The fourth-order valence-corrected chi connectivity index (χ4v) is 11.7. The average Bonchev–Trinajstić information content (AvgIpc) is 1.64. The lowest BCUT2D eigenvalue weighted by Gasteiger charge is -2.22. The fraction of sp³-hybridized carbons (Fsp3) is 0.429. The largest absolute Gasteiger partial charge is 0.460 e. The molecule has 20 nitrogen and oxygen atoms in total. The number of unbranched alkanes of at least 4 members (excludes halogenated alkanes) is 1. The number of fused-ring (bicyclic) bond motifs is 4. The van der Waals surface area contributed by atoms with Crippen LogP contribution in [0.25, 0.3) is 22.0 Å². The molecule has 3 unspecified atom stereocenters. The van der Waals surface area contributed by atoms with Gasteiger partial charge < -0.3 is 55.1 Å². The van der Waals surface area contributed by atoms with Crippen LogP contribution in [0.5, 0.6) is 0 Å². The number of halogens is 1. The maximum atomic E-state index is 13.8. The Kier molecular flexibility index (Phi) is 27.4. The second-order valence-corrected chi connectivity index (χ2v) is 27.2. The van der Waals surface area contributed by atoms with Gasteiger partial charge in [0.2, 0.25) is 5.91 Å². The lowest BCUT2D eigenvalue weighted by atomic mass is 9.98. The van der Waals surface area contributed by atoms with Gasteiger partial charge in [-0.2, -0.15) is 0 Å². The first-order valence-electron chi connectivity index (χ1n) is 30.8. The molecular formula is C70H89BrN8O12S. The van der Waals surface area contributed by atoms with Crippen LogP contribution in [-0.2, 0) is 57.6 Å². The van der Waals surface area contributed by atoms with E-state index in [9.17, 15) is 33.6 Å². The normalized spacial score (nSPS) is 13.0. The topological polar surface area (TPSA) is 247 Å². The van der Waals surface area contributed by atoms with Gasteiger partial charge >= 0.3 is 30.3 Å². The van der Waals surface area contributed by atoms with Crippen molar-refractivity contribution in [1.29, 1.82) is 0 Å². The van der Waals surface area contributed by atoms with Crippen LogP contribution in [0.3, 0.4) is 0 Å². The van der Waals surface area contributed by atoms with Crippen LogP contribution < -0.4 is 26.6 Å². The van der Waals surface area contributed by atoms with Crippen LogP contribution in [0.4, 0.5) is 19.2 Å². The summed E-state index contributed by atoms with van der Waals surface area (Å²) in [6.45, 7) is 21.2. The minimum absolute atomic E-state index is 0.0591. The summed E-state index contributed by atoms with van der Waals surface area (Å²) in [5.41, 5.74) is 6.02. The van der Waals surface area contributed by atoms with Crippen molar-refractivity contribution in [3.8, 4) is 11.1 Å². The van der Waals surface area contributed by atoms with Crippen LogP contribution in [0.15, 0.2) is 143 Å². The zero-order chi connectivity index (χ0) is 67.2. The van der Waals surface area contributed by atoms with Gasteiger partial charge in [0, 0.05) is 65.7 Å². The number of aromatic nitrogens is 2. The number of nitrogens with zero attached hydrogens (tertiary/aromatic N) is 3. The number of alkyl carbamates (subject to hydrolysis) is 3. The molecular weight excluding hydrogens is 1260 g/mol. The van der Waals surface area contributed by atoms with E-state index in [0.29, 0.717) is 56.4 Å². The van der Waals surface area contributed by atoms with Gasteiger partial charge in [0.25, 0.3) is 0 Å². The molecule has 0 saturated heterocycles. The predicted molar refractivity (Wildman–Crippen MR) is 360 cm³/mol. The standard InChI is InChI=1S/C49H61BrN6O8S.C21H28N2O4/c1-48(2,3)63-46(60)52-25-12-11-17-33(30-57)56-43(58)41(23-15-27-53-47(61)64-49(4,5)6)54-28-32-16-14-26-51-44(32)65-42-24-13-22-40(50)38(42)29-55-45(59)62-31-39-36-20-9-7-18-34(36)35-19-8-10-21-37(35)39;1-7-12-26-19(24)18(22(5)6)13-15-14-23(20(25)27-21(2,3)4)17-11-9-8-10-16(15)17/h7-10,13-14,16,18-22,24,26,30,33,39,41,54H,11-12,15,17,23,25,27-29,31H2,1-6H3,(H,52,60)(H,53,61)(H,55,59)(H,56,58);7-11,14,18H,1,12-13H2,2-6H3. The van der Waals surface area contributed by atoms with E-state index in [1.54, 1.807) is 60.0 Å². The lowest BCUT2D eigenvalue weighted by molar-refractivity contribution is -0.147. The number of para-hydroxylation sites is 1. The summed E-state index contributed by atoms with van der Waals surface area (Å²) in [7, 11) is 3.65. The second kappa shape index (κ2) is 34.6. The number of hydrogen-bond donors (Lipinski definition) is 5. The molecule has 5 N–H and O–H groups in total. The highest BCUT2D eigenvalue weighted by molar-refractivity contribution is 9.10. The molecule has 1 aliphatic rings. The van der Waals surface area contributed by atoms with Gasteiger partial charge in [-0.1, -0.05) is 119 Å². The summed E-state index contributed by atoms with van der Waals surface area (Å²) in [5, 5.41) is 16.2. The Labute approximate surface area is 553 Å². The molecule has 3 atom stereocenters. The highest BCUT2D eigenvalue weighted by atomic mass is 79.9. The number of carbonyl (C=O) groups excluding carboxylic acids is 7. The van der Waals surface area contributed by atoms with Crippen LogP contribution >= 0.6 is 27.7 Å². The van der Waals surface area contributed by atoms with Crippen molar-refractivity contribution in [3.63, 3.8) is 0 Å².